The molecule has 0 saturated carbocycles. The molecule has 1 saturated heterocycles. The number of carbonyl (C=O) groups excluding carboxylic acids is 1. The summed E-state index contributed by atoms with van der Waals surface area (Å²) in [6, 6.07) is 11.5. The van der Waals surface area contributed by atoms with Crippen LogP contribution in [0.3, 0.4) is 0 Å². The van der Waals surface area contributed by atoms with Crippen LogP contribution >= 0.6 is 0 Å². The monoisotopic (exact) mass is 425 g/mol. The van der Waals surface area contributed by atoms with E-state index in [1.54, 1.807) is 22.7 Å². The molecule has 8 nitrogen and oxygen atoms in total. The molecule has 9 heteroatoms. The second-order valence-electron chi connectivity index (χ2n) is 7.29. The third kappa shape index (κ3) is 4.35. The van der Waals surface area contributed by atoms with Gasteiger partial charge in [-0.3, -0.25) is 4.79 Å². The van der Waals surface area contributed by atoms with Gasteiger partial charge < -0.3 is 14.6 Å². The molecular weight excluding hydrogens is 402 g/mol. The Kier molecular flexibility index (Phi) is 5.54. The van der Waals surface area contributed by atoms with Crippen molar-refractivity contribution < 1.29 is 13.2 Å². The van der Waals surface area contributed by atoms with Crippen molar-refractivity contribution in [2.75, 3.05) is 18.9 Å². The van der Waals surface area contributed by atoms with Crippen LogP contribution in [0.1, 0.15) is 36.2 Å². The van der Waals surface area contributed by atoms with Crippen LogP contribution in [0.15, 0.2) is 64.2 Å². The number of anilines is 1. The zero-order valence-corrected chi connectivity index (χ0v) is 17.5. The Hall–Kier alpha value is -3.20. The summed E-state index contributed by atoms with van der Waals surface area (Å²) in [6.45, 7) is 0.808. The zero-order valence-electron chi connectivity index (χ0n) is 16.7. The highest BCUT2D eigenvalue weighted by atomic mass is 32.2. The summed E-state index contributed by atoms with van der Waals surface area (Å²) in [4.78, 5) is 18.7. The third-order valence-electron chi connectivity index (χ3n) is 5.07. The summed E-state index contributed by atoms with van der Waals surface area (Å²) >= 11 is 0. The molecule has 3 heterocycles. The molecule has 0 radical (unpaired) electrons. The van der Waals surface area contributed by atoms with Crippen LogP contribution in [0.2, 0.25) is 0 Å². The van der Waals surface area contributed by atoms with Crippen molar-refractivity contribution in [1.82, 2.24) is 14.3 Å². The molecule has 2 aromatic heterocycles. The van der Waals surface area contributed by atoms with E-state index in [-0.39, 0.29) is 16.5 Å². The summed E-state index contributed by atoms with van der Waals surface area (Å²) in [7, 11) is -1.93. The van der Waals surface area contributed by atoms with E-state index >= 15 is 0 Å². The van der Waals surface area contributed by atoms with Crippen molar-refractivity contribution in [3.05, 3.63) is 60.6 Å². The first kappa shape index (κ1) is 20.1. The van der Waals surface area contributed by atoms with Gasteiger partial charge in [0.15, 0.2) is 0 Å². The van der Waals surface area contributed by atoms with E-state index in [0.717, 1.165) is 25.8 Å². The van der Waals surface area contributed by atoms with Gasteiger partial charge in [-0.05, 0) is 49.2 Å². The third-order valence-corrected chi connectivity index (χ3v) is 6.39. The van der Waals surface area contributed by atoms with E-state index in [9.17, 15) is 13.2 Å². The smallest absolute Gasteiger partial charge is 0.283 e. The van der Waals surface area contributed by atoms with Crippen LogP contribution in [0.5, 0.6) is 0 Å². The topological polar surface area (TPSA) is 96.1 Å². The van der Waals surface area contributed by atoms with Gasteiger partial charge in [-0.2, -0.15) is 8.42 Å². The molecule has 1 aliphatic heterocycles. The molecule has 0 spiro atoms. The Labute approximate surface area is 175 Å². The number of benzene rings is 1. The van der Waals surface area contributed by atoms with E-state index in [0.29, 0.717) is 23.6 Å². The van der Waals surface area contributed by atoms with E-state index in [4.69, 9.17) is 0 Å². The van der Waals surface area contributed by atoms with Gasteiger partial charge >= 0.3 is 0 Å². The number of hydrogen-bond acceptors (Lipinski definition) is 4. The number of nitrogens with zero attached hydrogens (tertiary/aromatic N) is 4. The molecule has 0 bridgehead atoms. The van der Waals surface area contributed by atoms with Crippen molar-refractivity contribution in [2.24, 2.45) is 4.40 Å². The maximum atomic E-state index is 12.7. The lowest BCUT2D eigenvalue weighted by Crippen LogP contribution is -2.26. The Balaban J connectivity index is 1.49. The lowest BCUT2D eigenvalue weighted by molar-refractivity contribution is 0.102. The average molecular weight is 426 g/mol. The first-order chi connectivity index (χ1) is 14.4. The number of pyridine rings is 1. The number of hydrogen-bond donors (Lipinski definition) is 1. The summed E-state index contributed by atoms with van der Waals surface area (Å²) < 4.78 is 31.2. The summed E-state index contributed by atoms with van der Waals surface area (Å²) in [5.41, 5.74) is 1.43. The van der Waals surface area contributed by atoms with Crippen molar-refractivity contribution in [2.45, 2.75) is 30.6 Å². The van der Waals surface area contributed by atoms with Gasteiger partial charge in [-0.25, -0.2) is 4.98 Å². The maximum absolute atomic E-state index is 12.7. The standard InChI is InChI=1S/C21H23N5O3S/c1-25-13-5-2-3-8-20(25)24-30(28,29)17-11-9-16(10-12-17)22-21(27)18-15-26-14-6-4-7-19(26)23-18/h4,6-7,9-12,14-15H,2-3,5,8,13H2,1H3,(H,22,27)/b24-20-. The van der Waals surface area contributed by atoms with Crippen LogP contribution < -0.4 is 5.32 Å². The molecule has 30 heavy (non-hydrogen) atoms. The lowest BCUT2D eigenvalue weighted by Gasteiger charge is -2.17. The van der Waals surface area contributed by atoms with Crippen molar-refractivity contribution in [3.8, 4) is 0 Å². The normalized spacial score (nSPS) is 16.6. The SMILES string of the molecule is CN1CCCCC/C1=N/S(=O)(=O)c1ccc(NC(=O)c2cn3ccccc3n2)cc1. The van der Waals surface area contributed by atoms with E-state index in [2.05, 4.69) is 14.7 Å². The molecule has 1 fully saturated rings. The van der Waals surface area contributed by atoms with Gasteiger partial charge in [-0.1, -0.05) is 12.5 Å². The quantitative estimate of drug-likeness (QED) is 0.693. The zero-order chi connectivity index (χ0) is 21.1. The van der Waals surface area contributed by atoms with Crippen molar-refractivity contribution in [3.63, 3.8) is 0 Å². The number of rotatable bonds is 4. The Bertz CT molecular complexity index is 1170. The van der Waals surface area contributed by atoms with Crippen LogP contribution in [0.25, 0.3) is 5.65 Å². The maximum Gasteiger partial charge on any atom is 0.283 e. The molecule has 0 aliphatic carbocycles. The number of imidazole rings is 1. The molecule has 0 unspecified atom stereocenters. The first-order valence-corrected chi connectivity index (χ1v) is 11.3. The van der Waals surface area contributed by atoms with Gasteiger partial charge in [0.05, 0.1) is 4.90 Å². The fraction of sp³-hybridized carbons (Fsp3) is 0.286. The second-order valence-corrected chi connectivity index (χ2v) is 8.89. The number of likely N-dealkylation sites (tertiary alicyclic amines) is 1. The van der Waals surface area contributed by atoms with Gasteiger partial charge in [0, 0.05) is 38.1 Å². The number of carbonyl (C=O) groups is 1. The Morgan fingerprint density at radius 2 is 1.90 bits per heavy atom. The number of aromatic nitrogens is 2. The summed E-state index contributed by atoms with van der Waals surface area (Å²) in [5, 5.41) is 2.74. The fourth-order valence-corrected chi connectivity index (χ4v) is 4.48. The summed E-state index contributed by atoms with van der Waals surface area (Å²) in [5.74, 6) is 0.228. The van der Waals surface area contributed by atoms with Gasteiger partial charge in [0.1, 0.15) is 17.2 Å². The highest BCUT2D eigenvalue weighted by molar-refractivity contribution is 7.90. The minimum Gasteiger partial charge on any atom is -0.362 e. The highest BCUT2D eigenvalue weighted by Crippen LogP contribution is 2.19. The largest absolute Gasteiger partial charge is 0.362 e. The van der Waals surface area contributed by atoms with Crippen LogP contribution in [0.4, 0.5) is 5.69 Å². The number of nitrogens with one attached hydrogen (secondary N) is 1. The molecule has 0 atom stereocenters. The van der Waals surface area contributed by atoms with Crippen molar-refractivity contribution in [1.29, 1.82) is 0 Å². The van der Waals surface area contributed by atoms with Crippen molar-refractivity contribution >= 4 is 33.1 Å². The lowest BCUT2D eigenvalue weighted by atomic mass is 10.2. The second kappa shape index (κ2) is 8.27. The average Bonchev–Trinajstić information content (AvgIpc) is 3.07. The van der Waals surface area contributed by atoms with E-state index in [1.165, 1.54) is 12.1 Å². The number of amidine groups is 1. The Morgan fingerprint density at radius 1 is 1.10 bits per heavy atom. The number of fused-ring (bicyclic) bond motifs is 1. The molecule has 156 valence electrons. The first-order valence-electron chi connectivity index (χ1n) is 9.82. The van der Waals surface area contributed by atoms with Gasteiger partial charge in [0.25, 0.3) is 15.9 Å². The Morgan fingerprint density at radius 3 is 2.67 bits per heavy atom. The van der Waals surface area contributed by atoms with Gasteiger partial charge in [0.2, 0.25) is 0 Å². The molecular formula is C21H23N5O3S. The van der Waals surface area contributed by atoms with Gasteiger partial charge in [-0.15, -0.1) is 4.40 Å². The van der Waals surface area contributed by atoms with E-state index < -0.39 is 10.0 Å². The molecule has 1 N–H and O–H groups in total. The number of sulfonamides is 1. The molecule has 4 rings (SSSR count). The summed E-state index contributed by atoms with van der Waals surface area (Å²) in [6.07, 6.45) is 7.16. The minimum atomic E-state index is -3.81. The van der Waals surface area contributed by atoms with Crippen LogP contribution in [0, 0.1) is 0 Å². The fourth-order valence-electron chi connectivity index (χ4n) is 3.38. The highest BCUT2D eigenvalue weighted by Gasteiger charge is 2.18. The molecule has 1 aromatic carbocycles. The molecule has 1 aliphatic rings. The van der Waals surface area contributed by atoms with E-state index in [1.807, 2.05) is 36.3 Å². The minimum absolute atomic E-state index is 0.0957. The molecule has 1 amide bonds. The van der Waals surface area contributed by atoms with Crippen LogP contribution in [-0.2, 0) is 10.0 Å². The number of amides is 1. The van der Waals surface area contributed by atoms with Crippen LogP contribution in [-0.4, -0.2) is 48.0 Å². The predicted molar refractivity (Wildman–Crippen MR) is 115 cm³/mol. The molecule has 3 aromatic rings. The predicted octanol–water partition coefficient (Wildman–Crippen LogP) is 3.18.